The third-order valence-corrected chi connectivity index (χ3v) is 6.04. The maximum absolute atomic E-state index is 12.9. The van der Waals surface area contributed by atoms with Gasteiger partial charge in [-0.15, -0.1) is 8.78 Å². The van der Waals surface area contributed by atoms with Crippen molar-refractivity contribution in [3.63, 3.8) is 0 Å². The Hall–Kier alpha value is -1.52. The molecular weight excluding hydrogens is 457 g/mol. The van der Waals surface area contributed by atoms with Crippen molar-refractivity contribution in [1.82, 2.24) is 14.9 Å². The minimum atomic E-state index is -3.55. The summed E-state index contributed by atoms with van der Waals surface area (Å²) in [5.41, 5.74) is 0.911. The smallest absolute Gasteiger partial charge is 0.461 e. The van der Waals surface area contributed by atoms with Crippen molar-refractivity contribution in [2.75, 3.05) is 24.6 Å². The van der Waals surface area contributed by atoms with Crippen molar-refractivity contribution in [2.24, 2.45) is 4.99 Å². The summed E-state index contributed by atoms with van der Waals surface area (Å²) in [6.45, 7) is 3.72. The van der Waals surface area contributed by atoms with E-state index in [2.05, 4.69) is 35.7 Å². The number of fused-ring (bicyclic) bond motifs is 2. The summed E-state index contributed by atoms with van der Waals surface area (Å²) >= 11 is 1.98. The third-order valence-electron chi connectivity index (χ3n) is 5.10. The van der Waals surface area contributed by atoms with Crippen LogP contribution in [0, 0.1) is 6.33 Å². The second-order valence-electron chi connectivity index (χ2n) is 7.22. The standard InChI is InChI=1S/C10H13N2OS.C9H7F2N2O2.Mn/c13-8-9-1-2-11-10(7-9)12-3-5-14-6-4-12;1-8-3-6-5(12-4-13-6)2-7(8)14-9(10,11)15-8;/h1-2,10H,3-7H2;2H,3H2,1H3,(H,12,13);/q2*-1;+2. The number of aliphatic imine (C=N–C) groups is 1. The Morgan fingerprint density at radius 3 is 2.90 bits per heavy atom. The summed E-state index contributed by atoms with van der Waals surface area (Å²) in [6, 6.07) is 0. The first kappa shape index (κ1) is 23.1. The second-order valence-corrected chi connectivity index (χ2v) is 8.44. The van der Waals surface area contributed by atoms with Crippen LogP contribution in [-0.4, -0.2) is 70.0 Å². The number of hydrogen-bond donors (Lipinski definition) is 1. The number of dihydropyridines is 1. The number of halogens is 2. The van der Waals surface area contributed by atoms with Gasteiger partial charge >= 0.3 is 23.4 Å². The molecule has 4 heterocycles. The van der Waals surface area contributed by atoms with Gasteiger partial charge in [-0.05, 0) is 32.4 Å². The molecule has 161 valence electrons. The maximum Gasteiger partial charge on any atom is 2.00 e. The number of nitrogens with one attached hydrogen (secondary N) is 1. The molecule has 0 aromatic carbocycles. The van der Waals surface area contributed by atoms with Crippen LogP contribution in [0.25, 0.3) is 6.08 Å². The Bertz CT molecular complexity index is 870. The summed E-state index contributed by atoms with van der Waals surface area (Å²) in [4.78, 5) is 23.9. The maximum atomic E-state index is 12.9. The third kappa shape index (κ3) is 5.03. The Morgan fingerprint density at radius 2 is 2.17 bits per heavy atom. The molecule has 2 unspecified atom stereocenters. The van der Waals surface area contributed by atoms with Crippen LogP contribution in [0.1, 0.15) is 24.7 Å². The van der Waals surface area contributed by atoms with Crippen LogP contribution in [0.3, 0.4) is 0 Å². The number of rotatable bonds is 2. The Balaban J connectivity index is 0.000000166. The van der Waals surface area contributed by atoms with Crippen molar-refractivity contribution in [1.29, 1.82) is 0 Å². The van der Waals surface area contributed by atoms with Gasteiger partial charge in [0.2, 0.25) is 0 Å². The number of ether oxygens (including phenoxy) is 2. The first-order valence-corrected chi connectivity index (χ1v) is 10.4. The number of imidazole rings is 1. The summed E-state index contributed by atoms with van der Waals surface area (Å²) in [6.07, 6.45) is 7.08. The molecule has 1 aliphatic carbocycles. The number of aromatic nitrogens is 2. The van der Waals surface area contributed by atoms with Crippen LogP contribution < -0.4 is 0 Å². The van der Waals surface area contributed by atoms with Gasteiger partial charge in [0.05, 0.1) is 0 Å². The predicted octanol–water partition coefficient (Wildman–Crippen LogP) is 2.33. The van der Waals surface area contributed by atoms with E-state index >= 15 is 0 Å². The molecule has 0 saturated carbocycles. The molecule has 2 fully saturated rings. The largest absolute Gasteiger partial charge is 2.00 e. The minimum absolute atomic E-state index is 0. The number of thioether (sulfide) groups is 1. The van der Waals surface area contributed by atoms with Gasteiger partial charge in [0.15, 0.2) is 0 Å². The van der Waals surface area contributed by atoms with E-state index in [0.29, 0.717) is 11.4 Å². The van der Waals surface area contributed by atoms with Crippen molar-refractivity contribution in [3.8, 4) is 0 Å². The number of H-pyrrole nitrogens is 1. The molecule has 0 bridgehead atoms. The van der Waals surface area contributed by atoms with Gasteiger partial charge in [0.1, 0.15) is 17.5 Å². The van der Waals surface area contributed by atoms with Gasteiger partial charge in [-0.1, -0.05) is 23.7 Å². The molecule has 1 N–H and O–H groups in total. The van der Waals surface area contributed by atoms with Gasteiger partial charge < -0.3 is 19.5 Å². The fourth-order valence-electron chi connectivity index (χ4n) is 3.59. The van der Waals surface area contributed by atoms with Crippen LogP contribution in [0.15, 0.2) is 22.4 Å². The zero-order valence-electron chi connectivity index (χ0n) is 16.2. The molecule has 1 aromatic rings. The molecule has 30 heavy (non-hydrogen) atoms. The average molecular weight is 477 g/mol. The number of alkyl halides is 2. The Kier molecular flexibility index (Phi) is 7.19. The topological polar surface area (TPSA) is 79.8 Å². The quantitative estimate of drug-likeness (QED) is 0.521. The van der Waals surface area contributed by atoms with Crippen LogP contribution in [0.5, 0.6) is 0 Å². The summed E-state index contributed by atoms with van der Waals surface area (Å²) in [5, 5.41) is 0. The molecule has 1 aromatic heterocycles. The van der Waals surface area contributed by atoms with Gasteiger partial charge in [-0.3, -0.25) is 14.6 Å². The van der Waals surface area contributed by atoms with Crippen molar-refractivity contribution in [3.05, 3.63) is 35.1 Å². The van der Waals surface area contributed by atoms with Gasteiger partial charge in [-0.25, -0.2) is 0 Å². The molecule has 2 saturated heterocycles. The Labute approximate surface area is 187 Å². The van der Waals surface area contributed by atoms with Crippen LogP contribution >= 0.6 is 11.8 Å². The number of aromatic amines is 1. The van der Waals surface area contributed by atoms with E-state index in [1.54, 1.807) is 19.2 Å². The zero-order chi connectivity index (χ0) is 20.5. The van der Waals surface area contributed by atoms with Crippen LogP contribution in [0.2, 0.25) is 0 Å². The van der Waals surface area contributed by atoms with Crippen molar-refractivity contribution >= 4 is 30.3 Å². The molecule has 11 heteroatoms. The molecule has 3 aliphatic heterocycles. The van der Waals surface area contributed by atoms with Crippen LogP contribution in [0.4, 0.5) is 8.78 Å². The van der Waals surface area contributed by atoms with Gasteiger partial charge in [-0.2, -0.15) is 23.4 Å². The summed E-state index contributed by atoms with van der Waals surface area (Å²) in [7, 11) is 0. The first-order valence-electron chi connectivity index (χ1n) is 9.25. The van der Waals surface area contributed by atoms with E-state index in [1.807, 2.05) is 18.0 Å². The monoisotopic (exact) mass is 477 g/mol. The van der Waals surface area contributed by atoms with Gasteiger partial charge in [0, 0.05) is 24.6 Å². The number of carbonyl (C=O) groups excluding carboxylic acids is 1. The first-order chi connectivity index (χ1) is 13.9. The number of hydrogen-bond acceptors (Lipinski definition) is 7. The van der Waals surface area contributed by atoms with Crippen molar-refractivity contribution < 1.29 is 40.1 Å². The van der Waals surface area contributed by atoms with Crippen LogP contribution in [-0.2, 0) is 37.8 Å². The number of allylic oxidation sites excluding steroid dienone is 1. The second kappa shape index (κ2) is 9.32. The normalized spacial score (nSPS) is 29.1. The fraction of sp³-hybridized carbons (Fsp3) is 0.526. The van der Waals surface area contributed by atoms with E-state index in [9.17, 15) is 13.6 Å². The number of nitrogens with zero attached hydrogens (tertiary/aromatic N) is 3. The minimum Gasteiger partial charge on any atom is -0.461 e. The molecule has 7 nitrogen and oxygen atoms in total. The molecular formula is C19H20F2MnN4O3S. The summed E-state index contributed by atoms with van der Waals surface area (Å²) in [5.74, 6) is 2.48. The van der Waals surface area contributed by atoms with E-state index < -0.39 is 11.9 Å². The Morgan fingerprint density at radius 1 is 1.40 bits per heavy atom. The molecule has 0 amide bonds. The van der Waals surface area contributed by atoms with Crippen molar-refractivity contribution in [2.45, 2.75) is 37.8 Å². The molecule has 5 rings (SSSR count). The van der Waals surface area contributed by atoms with E-state index in [-0.39, 0.29) is 35.4 Å². The summed E-state index contributed by atoms with van der Waals surface area (Å²) < 4.78 is 34.8. The van der Waals surface area contributed by atoms with E-state index in [0.717, 1.165) is 25.1 Å². The van der Waals surface area contributed by atoms with E-state index in [4.69, 9.17) is 0 Å². The SMILES string of the molecule is CC12Cc3n[c-][nH]c3C=C1OC(F)(F)O2.O=[C-]C1=CC=NC(N2CCSCC2)C1.[Mn+2]. The fourth-order valence-corrected chi connectivity index (χ4v) is 4.52. The van der Waals surface area contributed by atoms with E-state index in [1.165, 1.54) is 17.6 Å². The molecule has 4 aliphatic rings. The zero-order valence-corrected chi connectivity index (χ0v) is 18.2. The average Bonchev–Trinajstić information content (AvgIpc) is 3.24. The molecule has 2 atom stereocenters. The predicted molar refractivity (Wildman–Crippen MR) is 104 cm³/mol. The molecule has 1 radical (unpaired) electrons. The van der Waals surface area contributed by atoms with Gasteiger partial charge in [0.25, 0.3) is 0 Å². The molecule has 0 spiro atoms.